The Morgan fingerprint density at radius 1 is 1.06 bits per heavy atom. The lowest BCUT2D eigenvalue weighted by Gasteiger charge is -2.10. The summed E-state index contributed by atoms with van der Waals surface area (Å²) in [5.41, 5.74) is -2.63. The molecule has 0 atom stereocenters. The van der Waals surface area contributed by atoms with Crippen LogP contribution in [0.25, 0.3) is 0 Å². The molecule has 1 aromatic heterocycles. The molecule has 0 unspecified atom stereocenters. The molecule has 0 fully saturated rings. The fourth-order valence-electron chi connectivity index (χ4n) is 1.11. The Hall–Kier alpha value is -2.66. The van der Waals surface area contributed by atoms with E-state index in [2.05, 4.69) is 9.97 Å². The van der Waals surface area contributed by atoms with Crippen LogP contribution in [0, 0.1) is 34.0 Å². The highest BCUT2D eigenvalue weighted by atomic mass is 19.4. The van der Waals surface area contributed by atoms with Crippen LogP contribution >= 0.6 is 0 Å². The third-order valence-electron chi connectivity index (χ3n) is 1.74. The van der Waals surface area contributed by atoms with Crippen LogP contribution in [-0.2, 0) is 12.6 Å². The maximum atomic E-state index is 12.6. The largest absolute Gasteiger partial charge is 0.433 e. The Bertz CT molecular complexity index is 571. The van der Waals surface area contributed by atoms with Crippen LogP contribution in [0.3, 0.4) is 0 Å². The van der Waals surface area contributed by atoms with Crippen LogP contribution < -0.4 is 0 Å². The van der Waals surface area contributed by atoms with Gasteiger partial charge in [0.05, 0.1) is 12.5 Å². The maximum absolute atomic E-state index is 12.6. The Labute approximate surface area is 93.4 Å². The Morgan fingerprint density at radius 3 is 2.12 bits per heavy atom. The van der Waals surface area contributed by atoms with Gasteiger partial charge in [0.1, 0.15) is 17.8 Å². The molecule has 84 valence electrons. The summed E-state index contributed by atoms with van der Waals surface area (Å²) in [5, 5.41) is 25.5. The smallest absolute Gasteiger partial charge is 0.214 e. The van der Waals surface area contributed by atoms with Gasteiger partial charge in [-0.3, -0.25) is 0 Å². The van der Waals surface area contributed by atoms with E-state index in [1.165, 1.54) is 18.2 Å². The molecular weight excluding hydrogens is 235 g/mol. The van der Waals surface area contributed by atoms with Crippen molar-refractivity contribution in [2.75, 3.05) is 0 Å². The third-order valence-corrected chi connectivity index (χ3v) is 1.74. The third kappa shape index (κ3) is 2.47. The van der Waals surface area contributed by atoms with Crippen molar-refractivity contribution in [1.82, 2.24) is 9.97 Å². The minimum atomic E-state index is -4.84. The van der Waals surface area contributed by atoms with Gasteiger partial charge in [-0.05, 0) is 0 Å². The summed E-state index contributed by atoms with van der Waals surface area (Å²) in [4.78, 5) is 6.31. The number of nitriles is 3. The first-order chi connectivity index (χ1) is 7.93. The summed E-state index contributed by atoms with van der Waals surface area (Å²) in [6.07, 6.45) is -5.49. The number of hydrogen-bond donors (Lipinski definition) is 0. The van der Waals surface area contributed by atoms with Crippen molar-refractivity contribution in [3.8, 4) is 18.2 Å². The van der Waals surface area contributed by atoms with E-state index >= 15 is 0 Å². The van der Waals surface area contributed by atoms with Gasteiger partial charge in [-0.15, -0.1) is 0 Å². The number of aromatic nitrogens is 2. The fourth-order valence-corrected chi connectivity index (χ4v) is 1.11. The lowest BCUT2D eigenvalue weighted by molar-refractivity contribution is -0.141. The zero-order chi connectivity index (χ0) is 13.1. The van der Waals surface area contributed by atoms with E-state index < -0.39 is 35.4 Å². The molecule has 17 heavy (non-hydrogen) atoms. The summed E-state index contributed by atoms with van der Waals surface area (Å²) in [5.74, 6) is -0.754. The van der Waals surface area contributed by atoms with Crippen molar-refractivity contribution in [3.63, 3.8) is 0 Å². The first kappa shape index (κ1) is 12.4. The first-order valence-corrected chi connectivity index (χ1v) is 4.09. The average Bonchev–Trinajstić information content (AvgIpc) is 2.28. The number of hydrogen-bond acceptors (Lipinski definition) is 5. The van der Waals surface area contributed by atoms with Gasteiger partial charge < -0.3 is 0 Å². The van der Waals surface area contributed by atoms with Crippen molar-refractivity contribution in [2.45, 2.75) is 12.6 Å². The summed E-state index contributed by atoms with van der Waals surface area (Å²) in [6.45, 7) is 0. The fraction of sp³-hybridized carbons (Fsp3) is 0.222. The van der Waals surface area contributed by atoms with Crippen molar-refractivity contribution < 1.29 is 13.2 Å². The molecule has 1 aromatic rings. The van der Waals surface area contributed by atoms with E-state index in [-0.39, 0.29) is 0 Å². The zero-order valence-electron chi connectivity index (χ0n) is 8.08. The van der Waals surface area contributed by atoms with Crippen LogP contribution in [0.5, 0.6) is 0 Å². The van der Waals surface area contributed by atoms with E-state index in [0.29, 0.717) is 0 Å². The van der Waals surface area contributed by atoms with E-state index in [9.17, 15) is 13.2 Å². The van der Waals surface area contributed by atoms with Crippen LogP contribution in [0.2, 0.25) is 0 Å². The van der Waals surface area contributed by atoms with Gasteiger partial charge in [-0.1, -0.05) is 0 Å². The molecule has 0 saturated heterocycles. The van der Waals surface area contributed by atoms with E-state index in [1.54, 1.807) is 0 Å². The van der Waals surface area contributed by atoms with Gasteiger partial charge in [0.15, 0.2) is 5.69 Å². The molecule has 0 aliphatic rings. The topological polar surface area (TPSA) is 97.1 Å². The Morgan fingerprint density at radius 2 is 1.71 bits per heavy atom. The molecule has 0 saturated carbocycles. The van der Waals surface area contributed by atoms with Gasteiger partial charge in [0.2, 0.25) is 5.82 Å². The van der Waals surface area contributed by atoms with Gasteiger partial charge in [-0.2, -0.15) is 29.0 Å². The molecule has 0 spiro atoms. The lowest BCUT2D eigenvalue weighted by atomic mass is 10.1. The number of rotatable bonds is 1. The molecular formula is C9H2F3N5. The van der Waals surface area contributed by atoms with Crippen molar-refractivity contribution >= 4 is 0 Å². The predicted octanol–water partition coefficient (Wildman–Crippen LogP) is 1.30. The molecule has 5 nitrogen and oxygen atoms in total. The zero-order valence-corrected chi connectivity index (χ0v) is 8.08. The standard InChI is InChI=1S/C9H2F3N5/c10-9(11,12)8-5(1-2-13)6(3-14)16-7(4-15)17-8/h1H2. The molecule has 0 amide bonds. The van der Waals surface area contributed by atoms with Crippen molar-refractivity contribution in [3.05, 3.63) is 22.8 Å². The summed E-state index contributed by atoms with van der Waals surface area (Å²) < 4.78 is 37.8. The van der Waals surface area contributed by atoms with Crippen molar-refractivity contribution in [1.29, 1.82) is 15.8 Å². The molecule has 0 radical (unpaired) electrons. The minimum absolute atomic E-state index is 0.606. The molecule has 0 aliphatic heterocycles. The Kier molecular flexibility index (Phi) is 3.26. The molecule has 0 bridgehead atoms. The van der Waals surface area contributed by atoms with E-state index in [0.717, 1.165) is 0 Å². The Balaban J connectivity index is 3.62. The lowest BCUT2D eigenvalue weighted by Crippen LogP contribution is -2.16. The number of nitrogens with zero attached hydrogens (tertiary/aromatic N) is 5. The quantitative estimate of drug-likeness (QED) is 0.733. The normalized spacial score (nSPS) is 10.1. The van der Waals surface area contributed by atoms with Crippen LogP contribution in [0.15, 0.2) is 0 Å². The van der Waals surface area contributed by atoms with E-state index in [1.807, 2.05) is 0 Å². The molecule has 8 heteroatoms. The summed E-state index contributed by atoms with van der Waals surface area (Å²) >= 11 is 0. The highest BCUT2D eigenvalue weighted by Gasteiger charge is 2.37. The van der Waals surface area contributed by atoms with E-state index in [4.69, 9.17) is 15.8 Å². The van der Waals surface area contributed by atoms with Crippen molar-refractivity contribution in [2.24, 2.45) is 0 Å². The minimum Gasteiger partial charge on any atom is -0.214 e. The number of alkyl halides is 3. The SMILES string of the molecule is N#CCc1c(C#N)nc(C#N)nc1C(F)(F)F. The second-order valence-electron chi connectivity index (χ2n) is 2.78. The second-order valence-corrected chi connectivity index (χ2v) is 2.78. The van der Waals surface area contributed by atoms with Gasteiger partial charge in [0.25, 0.3) is 0 Å². The van der Waals surface area contributed by atoms with Crippen LogP contribution in [0.1, 0.15) is 22.8 Å². The van der Waals surface area contributed by atoms with Crippen LogP contribution in [-0.4, -0.2) is 9.97 Å². The monoisotopic (exact) mass is 237 g/mol. The molecule has 0 aromatic carbocycles. The molecule has 1 heterocycles. The molecule has 0 N–H and O–H groups in total. The van der Waals surface area contributed by atoms with Gasteiger partial charge in [-0.25, -0.2) is 9.97 Å². The van der Waals surface area contributed by atoms with Gasteiger partial charge >= 0.3 is 6.18 Å². The number of halogens is 3. The van der Waals surface area contributed by atoms with Crippen LogP contribution in [0.4, 0.5) is 13.2 Å². The highest BCUT2D eigenvalue weighted by Crippen LogP contribution is 2.31. The summed E-state index contributed by atoms with van der Waals surface area (Å²) in [6, 6.07) is 4.24. The second kappa shape index (κ2) is 4.46. The average molecular weight is 237 g/mol. The predicted molar refractivity (Wildman–Crippen MR) is 45.8 cm³/mol. The highest BCUT2D eigenvalue weighted by molar-refractivity contribution is 5.39. The maximum Gasteiger partial charge on any atom is 0.433 e. The van der Waals surface area contributed by atoms with Gasteiger partial charge in [0, 0.05) is 5.56 Å². The molecule has 1 rings (SSSR count). The molecule has 0 aliphatic carbocycles. The first-order valence-electron chi connectivity index (χ1n) is 4.09. The summed E-state index contributed by atoms with van der Waals surface area (Å²) in [7, 11) is 0.